The molecule has 0 aliphatic heterocycles. The van der Waals surface area contributed by atoms with E-state index in [1.807, 2.05) is 30.3 Å². The topological polar surface area (TPSA) is 81.4 Å². The highest BCUT2D eigenvalue weighted by molar-refractivity contribution is 5.98. The van der Waals surface area contributed by atoms with Gasteiger partial charge in [-0.05, 0) is 35.4 Å². The number of benzene rings is 3. The summed E-state index contributed by atoms with van der Waals surface area (Å²) in [5, 5.41) is 2.31. The molecule has 8 heteroatoms. The van der Waals surface area contributed by atoms with Gasteiger partial charge in [-0.25, -0.2) is 0 Å². The monoisotopic (exact) mass is 442 g/mol. The normalized spacial score (nSPS) is 12.1. The third-order valence-electron chi connectivity index (χ3n) is 4.74. The zero-order chi connectivity index (χ0) is 23.1. The van der Waals surface area contributed by atoms with Crippen LogP contribution in [-0.4, -0.2) is 17.9 Å². The summed E-state index contributed by atoms with van der Waals surface area (Å²) in [6.45, 7) is 0.388. The Morgan fingerprint density at radius 2 is 1.50 bits per heavy atom. The quantitative estimate of drug-likeness (QED) is 0.551. The minimum atomic E-state index is -4.70. The van der Waals surface area contributed by atoms with Crippen LogP contribution in [0.3, 0.4) is 0 Å². The van der Waals surface area contributed by atoms with Crippen LogP contribution in [0, 0.1) is 0 Å². The van der Waals surface area contributed by atoms with Crippen LogP contribution in [0.15, 0.2) is 78.9 Å². The molecule has 32 heavy (non-hydrogen) atoms. The third-order valence-corrected chi connectivity index (χ3v) is 4.74. The van der Waals surface area contributed by atoms with Crippen LogP contribution in [-0.2, 0) is 24.0 Å². The fraction of sp³-hybridized carbons (Fsp3) is 0.167. The maximum Gasteiger partial charge on any atom is 0.417 e. The van der Waals surface area contributed by atoms with Crippen molar-refractivity contribution in [3.63, 3.8) is 0 Å². The third kappa shape index (κ3) is 6.10. The molecule has 0 heterocycles. The molecule has 0 aliphatic carbocycles. The zero-order valence-electron chi connectivity index (χ0n) is 16.9. The van der Waals surface area contributed by atoms with Gasteiger partial charge >= 0.3 is 6.18 Å². The first-order valence-corrected chi connectivity index (χ1v) is 9.76. The number of primary amides is 1. The highest BCUT2D eigenvalue weighted by Gasteiger charge is 2.35. The fourth-order valence-electron chi connectivity index (χ4n) is 3.09. The van der Waals surface area contributed by atoms with Crippen LogP contribution in [0.2, 0.25) is 0 Å². The van der Waals surface area contributed by atoms with Gasteiger partial charge in [-0.2, -0.15) is 13.2 Å². The molecule has 3 aromatic rings. The van der Waals surface area contributed by atoms with Gasteiger partial charge in [0.2, 0.25) is 5.91 Å². The lowest BCUT2D eigenvalue weighted by Gasteiger charge is -2.18. The summed E-state index contributed by atoms with van der Waals surface area (Å²) in [5.74, 6) is -1.27. The van der Waals surface area contributed by atoms with Crippen LogP contribution in [0.25, 0.3) is 0 Å². The van der Waals surface area contributed by atoms with E-state index in [9.17, 15) is 22.8 Å². The molecule has 0 unspecified atom stereocenters. The van der Waals surface area contributed by atoms with Crippen molar-refractivity contribution < 1.29 is 27.5 Å². The van der Waals surface area contributed by atoms with Gasteiger partial charge in [-0.1, -0.05) is 54.6 Å². The second-order valence-electron chi connectivity index (χ2n) is 7.09. The molecule has 0 saturated carbocycles. The first-order valence-electron chi connectivity index (χ1n) is 9.76. The van der Waals surface area contributed by atoms with Crippen LogP contribution in [0.1, 0.15) is 27.0 Å². The van der Waals surface area contributed by atoms with E-state index < -0.39 is 35.2 Å². The molecule has 3 aromatic carbocycles. The largest absolute Gasteiger partial charge is 0.489 e. The van der Waals surface area contributed by atoms with Crippen molar-refractivity contribution in [1.29, 1.82) is 0 Å². The van der Waals surface area contributed by atoms with E-state index in [1.54, 1.807) is 24.3 Å². The van der Waals surface area contributed by atoms with Crippen LogP contribution >= 0.6 is 0 Å². The Balaban J connectivity index is 1.66. The summed E-state index contributed by atoms with van der Waals surface area (Å²) >= 11 is 0. The molecule has 0 saturated heterocycles. The second kappa shape index (κ2) is 10.00. The molecule has 0 fully saturated rings. The molecule has 3 rings (SSSR count). The van der Waals surface area contributed by atoms with Crippen molar-refractivity contribution in [2.75, 3.05) is 0 Å². The van der Waals surface area contributed by atoms with Crippen LogP contribution < -0.4 is 15.8 Å². The smallest absolute Gasteiger partial charge is 0.417 e. The number of amides is 2. The number of rotatable bonds is 8. The van der Waals surface area contributed by atoms with E-state index in [1.165, 1.54) is 12.1 Å². The van der Waals surface area contributed by atoms with Crippen LogP contribution in [0.4, 0.5) is 13.2 Å². The molecular weight excluding hydrogens is 421 g/mol. The molecule has 0 aliphatic rings. The van der Waals surface area contributed by atoms with E-state index in [-0.39, 0.29) is 6.42 Å². The summed E-state index contributed by atoms with van der Waals surface area (Å²) in [6, 6.07) is 19.6. The molecule has 5 nitrogen and oxygen atoms in total. The standard InChI is InChI=1S/C24H21F3N2O3/c25-24(26,27)20-9-5-4-8-19(20)23(31)29-21(22(28)30)14-16-10-12-18(13-11-16)32-15-17-6-2-1-3-7-17/h1-13,21H,14-15H2,(H2,28,30)(H,29,31)/t21-/m0/s1. The summed E-state index contributed by atoms with van der Waals surface area (Å²) in [5.41, 5.74) is 5.38. The van der Waals surface area contributed by atoms with Gasteiger partial charge in [0, 0.05) is 6.42 Å². The Morgan fingerprint density at radius 1 is 0.875 bits per heavy atom. The summed E-state index contributed by atoms with van der Waals surface area (Å²) in [6.07, 6.45) is -4.68. The van der Waals surface area contributed by atoms with Crippen molar-refractivity contribution >= 4 is 11.8 Å². The average Bonchev–Trinajstić information content (AvgIpc) is 2.78. The Labute approximate surface area is 183 Å². The average molecular weight is 442 g/mol. The van der Waals surface area contributed by atoms with Gasteiger partial charge < -0.3 is 15.8 Å². The van der Waals surface area contributed by atoms with Crippen LogP contribution in [0.5, 0.6) is 5.75 Å². The number of halogens is 3. The maximum atomic E-state index is 13.2. The van der Waals surface area contributed by atoms with Crippen molar-refractivity contribution in [2.24, 2.45) is 5.73 Å². The van der Waals surface area contributed by atoms with Gasteiger partial charge in [-0.15, -0.1) is 0 Å². The van der Waals surface area contributed by atoms with E-state index >= 15 is 0 Å². The minimum absolute atomic E-state index is 0.0220. The van der Waals surface area contributed by atoms with Gasteiger partial charge in [0.25, 0.3) is 5.91 Å². The molecule has 3 N–H and O–H groups in total. The number of hydrogen-bond acceptors (Lipinski definition) is 3. The minimum Gasteiger partial charge on any atom is -0.489 e. The Hall–Kier alpha value is -3.81. The molecule has 0 spiro atoms. The highest BCUT2D eigenvalue weighted by atomic mass is 19.4. The Bertz CT molecular complexity index is 1070. The molecule has 2 amide bonds. The van der Waals surface area contributed by atoms with Gasteiger partial charge in [-0.3, -0.25) is 9.59 Å². The number of nitrogens with two attached hydrogens (primary N) is 1. The number of carbonyl (C=O) groups is 2. The first-order chi connectivity index (χ1) is 15.2. The number of alkyl halides is 3. The highest BCUT2D eigenvalue weighted by Crippen LogP contribution is 2.31. The second-order valence-corrected chi connectivity index (χ2v) is 7.09. The number of ether oxygens (including phenoxy) is 1. The molecule has 166 valence electrons. The molecule has 0 aromatic heterocycles. The SMILES string of the molecule is NC(=O)[C@H](Cc1ccc(OCc2ccccc2)cc1)NC(=O)c1ccccc1C(F)(F)F. The lowest BCUT2D eigenvalue weighted by molar-refractivity contribution is -0.137. The Morgan fingerprint density at radius 3 is 2.12 bits per heavy atom. The van der Waals surface area contributed by atoms with E-state index in [4.69, 9.17) is 10.5 Å². The van der Waals surface area contributed by atoms with Crippen molar-refractivity contribution in [2.45, 2.75) is 25.2 Å². The predicted molar refractivity (Wildman–Crippen MR) is 113 cm³/mol. The van der Waals surface area contributed by atoms with Gasteiger partial charge in [0.1, 0.15) is 18.4 Å². The summed E-state index contributed by atoms with van der Waals surface area (Å²) < 4.78 is 45.2. The number of carbonyl (C=O) groups excluding carboxylic acids is 2. The molecular formula is C24H21F3N2O3. The lowest BCUT2D eigenvalue weighted by atomic mass is 10.0. The van der Waals surface area contributed by atoms with E-state index in [0.717, 1.165) is 17.7 Å². The van der Waals surface area contributed by atoms with E-state index in [0.29, 0.717) is 17.9 Å². The van der Waals surface area contributed by atoms with Gasteiger partial charge in [0.15, 0.2) is 0 Å². The lowest BCUT2D eigenvalue weighted by Crippen LogP contribution is -2.46. The van der Waals surface area contributed by atoms with Gasteiger partial charge in [0.05, 0.1) is 11.1 Å². The summed E-state index contributed by atoms with van der Waals surface area (Å²) in [7, 11) is 0. The molecule has 1 atom stereocenters. The maximum absolute atomic E-state index is 13.2. The summed E-state index contributed by atoms with van der Waals surface area (Å²) in [4.78, 5) is 24.3. The van der Waals surface area contributed by atoms with Crippen molar-refractivity contribution in [1.82, 2.24) is 5.32 Å². The first kappa shape index (κ1) is 22.9. The Kier molecular flexibility index (Phi) is 7.14. The van der Waals surface area contributed by atoms with E-state index in [2.05, 4.69) is 5.32 Å². The molecule has 0 bridgehead atoms. The fourth-order valence-corrected chi connectivity index (χ4v) is 3.09. The van der Waals surface area contributed by atoms with Crippen molar-refractivity contribution in [3.8, 4) is 5.75 Å². The zero-order valence-corrected chi connectivity index (χ0v) is 16.9. The number of hydrogen-bond donors (Lipinski definition) is 2. The molecule has 0 radical (unpaired) electrons. The predicted octanol–water partition coefficient (Wildman–Crippen LogP) is 4.11. The number of nitrogens with one attached hydrogen (secondary N) is 1. The van der Waals surface area contributed by atoms with Crippen molar-refractivity contribution in [3.05, 3.63) is 101 Å².